The Kier molecular flexibility index (Phi) is 7.13. The van der Waals surface area contributed by atoms with Crippen LogP contribution in [0.4, 0.5) is 5.13 Å². The lowest BCUT2D eigenvalue weighted by atomic mass is 9.94. The van der Waals surface area contributed by atoms with E-state index in [2.05, 4.69) is 0 Å². The maximum Gasteiger partial charge on any atom is 0.301 e. The molecule has 0 spiro atoms. The van der Waals surface area contributed by atoms with Gasteiger partial charge >= 0.3 is 5.91 Å². The number of aliphatic hydroxyl groups is 1. The number of hydrogen-bond donors (Lipinski definition) is 1. The third kappa shape index (κ3) is 4.91. The first-order valence-electron chi connectivity index (χ1n) is 13.7. The van der Waals surface area contributed by atoms with Gasteiger partial charge in [0.05, 0.1) is 35.0 Å². The Hall–Kier alpha value is -4.37. The van der Waals surface area contributed by atoms with Crippen molar-refractivity contribution in [2.24, 2.45) is 0 Å². The number of nitrogens with zero attached hydrogens (tertiary/aromatic N) is 2. The fraction of sp³-hybridized carbons (Fsp3) is 0.281. The first kappa shape index (κ1) is 26.8. The second kappa shape index (κ2) is 10.9. The zero-order valence-corrected chi connectivity index (χ0v) is 23.9. The molecule has 0 unspecified atom stereocenters. The normalized spacial score (nSPS) is 19.4. The van der Waals surface area contributed by atoms with E-state index >= 15 is 0 Å². The highest BCUT2D eigenvalue weighted by molar-refractivity contribution is 7.22. The zero-order chi connectivity index (χ0) is 28.7. The number of ether oxygens (including phenoxy) is 3. The molecule has 210 valence electrons. The number of carbonyl (C=O) groups excluding carboxylic acids is 2. The number of Topliss-reactive ketones (excluding diaryl/α,β-unsaturated/α-hetero) is 1. The number of ketones is 1. The second-order valence-corrected chi connectivity index (χ2v) is 11.1. The molecule has 2 atom stereocenters. The van der Waals surface area contributed by atoms with Gasteiger partial charge < -0.3 is 19.3 Å². The van der Waals surface area contributed by atoms with E-state index in [0.717, 1.165) is 22.4 Å². The van der Waals surface area contributed by atoms with Crippen LogP contribution in [0.15, 0.2) is 66.2 Å². The number of carbonyl (C=O) groups is 2. The van der Waals surface area contributed by atoms with Crippen LogP contribution in [0.5, 0.6) is 17.2 Å². The fourth-order valence-electron chi connectivity index (χ4n) is 5.29. The average Bonchev–Trinajstić information content (AvgIpc) is 3.64. The van der Waals surface area contributed by atoms with Crippen LogP contribution in [0.25, 0.3) is 16.0 Å². The quantitative estimate of drug-likeness (QED) is 0.148. The molecule has 1 aromatic heterocycles. The van der Waals surface area contributed by atoms with Gasteiger partial charge in [-0.15, -0.1) is 0 Å². The van der Waals surface area contributed by atoms with Crippen LogP contribution in [-0.2, 0) is 16.0 Å². The van der Waals surface area contributed by atoms with Crippen LogP contribution in [0.2, 0.25) is 0 Å². The number of fused-ring (bicyclic) bond motifs is 2. The zero-order valence-electron chi connectivity index (χ0n) is 23.0. The standard InChI is InChI=1S/C32H30N2O6S/c1-4-14-39-22-9-6-19(7-10-22)28-27(29(35)20-8-13-25-21(16-20)15-18(3)40-25)30(36)31(37)34(28)32-33-24-12-11-23(38-5-2)17-26(24)41-32/h6-13,16-18,28,35H,4-5,14-15H2,1-3H3/t18-,28-/m1/s1. The maximum atomic E-state index is 13.6. The number of aliphatic hydroxyl groups excluding tert-OH is 1. The first-order valence-corrected chi connectivity index (χ1v) is 14.6. The summed E-state index contributed by atoms with van der Waals surface area (Å²) in [7, 11) is 0. The van der Waals surface area contributed by atoms with Crippen molar-refractivity contribution in [2.75, 3.05) is 18.1 Å². The largest absolute Gasteiger partial charge is 0.507 e. The Bertz CT molecular complexity index is 1680. The number of aromatic nitrogens is 1. The topological polar surface area (TPSA) is 98.2 Å². The van der Waals surface area contributed by atoms with Crippen molar-refractivity contribution in [3.8, 4) is 17.2 Å². The van der Waals surface area contributed by atoms with Crippen molar-refractivity contribution in [1.82, 2.24) is 4.98 Å². The predicted molar refractivity (Wildman–Crippen MR) is 158 cm³/mol. The van der Waals surface area contributed by atoms with Gasteiger partial charge in [-0.1, -0.05) is 30.4 Å². The highest BCUT2D eigenvalue weighted by Crippen LogP contribution is 2.45. The Balaban J connectivity index is 1.48. The molecule has 0 radical (unpaired) electrons. The molecule has 3 heterocycles. The molecule has 1 N–H and O–H groups in total. The molecule has 0 saturated carbocycles. The molecule has 1 fully saturated rings. The minimum atomic E-state index is -0.884. The van der Waals surface area contributed by atoms with Crippen molar-refractivity contribution < 1.29 is 28.9 Å². The summed E-state index contributed by atoms with van der Waals surface area (Å²) in [6.45, 7) is 7.03. The van der Waals surface area contributed by atoms with Crippen LogP contribution in [0.3, 0.4) is 0 Å². The molecule has 2 aliphatic heterocycles. The molecule has 1 saturated heterocycles. The van der Waals surface area contributed by atoms with Gasteiger partial charge in [-0.05, 0) is 79.9 Å². The lowest BCUT2D eigenvalue weighted by Crippen LogP contribution is -2.29. The summed E-state index contributed by atoms with van der Waals surface area (Å²) in [5.74, 6) is 0.400. The summed E-state index contributed by atoms with van der Waals surface area (Å²) in [4.78, 5) is 33.4. The smallest absolute Gasteiger partial charge is 0.301 e. The van der Waals surface area contributed by atoms with E-state index in [1.54, 1.807) is 12.1 Å². The van der Waals surface area contributed by atoms with E-state index < -0.39 is 17.7 Å². The van der Waals surface area contributed by atoms with E-state index in [4.69, 9.17) is 19.2 Å². The van der Waals surface area contributed by atoms with E-state index in [9.17, 15) is 14.7 Å². The lowest BCUT2D eigenvalue weighted by Gasteiger charge is -2.23. The Morgan fingerprint density at radius 2 is 1.83 bits per heavy atom. The Morgan fingerprint density at radius 1 is 1.05 bits per heavy atom. The van der Waals surface area contributed by atoms with E-state index in [1.807, 2.05) is 69.3 Å². The van der Waals surface area contributed by atoms with E-state index in [-0.39, 0.29) is 17.4 Å². The van der Waals surface area contributed by atoms with Gasteiger partial charge in [0.2, 0.25) is 0 Å². The summed E-state index contributed by atoms with van der Waals surface area (Å²) in [5.41, 5.74) is 2.75. The molecule has 3 aromatic carbocycles. The Morgan fingerprint density at radius 3 is 2.59 bits per heavy atom. The summed E-state index contributed by atoms with van der Waals surface area (Å²) in [6, 6.07) is 17.2. The van der Waals surface area contributed by atoms with Gasteiger partial charge in [-0.25, -0.2) is 4.98 Å². The van der Waals surface area contributed by atoms with Gasteiger partial charge in [0, 0.05) is 12.0 Å². The van der Waals surface area contributed by atoms with Crippen molar-refractivity contribution >= 4 is 44.1 Å². The second-order valence-electron chi connectivity index (χ2n) is 10.1. The van der Waals surface area contributed by atoms with Crippen LogP contribution < -0.4 is 19.1 Å². The van der Waals surface area contributed by atoms with Crippen LogP contribution >= 0.6 is 11.3 Å². The number of thiazole rings is 1. The van der Waals surface area contributed by atoms with Gasteiger partial charge in [0.15, 0.2) is 5.13 Å². The van der Waals surface area contributed by atoms with Gasteiger partial charge in [-0.2, -0.15) is 0 Å². The van der Waals surface area contributed by atoms with Crippen LogP contribution in [0, 0.1) is 0 Å². The predicted octanol–water partition coefficient (Wildman–Crippen LogP) is 6.43. The number of amides is 1. The molecular formula is C32H30N2O6S. The minimum Gasteiger partial charge on any atom is -0.507 e. The maximum absolute atomic E-state index is 13.6. The summed E-state index contributed by atoms with van der Waals surface area (Å²) in [6.07, 6.45) is 1.60. The lowest BCUT2D eigenvalue weighted by molar-refractivity contribution is -0.132. The summed E-state index contributed by atoms with van der Waals surface area (Å²) >= 11 is 1.30. The van der Waals surface area contributed by atoms with Gasteiger partial charge in [0.1, 0.15) is 29.1 Å². The average molecular weight is 571 g/mol. The van der Waals surface area contributed by atoms with Crippen molar-refractivity contribution in [3.63, 3.8) is 0 Å². The van der Waals surface area contributed by atoms with Crippen molar-refractivity contribution in [1.29, 1.82) is 0 Å². The molecule has 4 aromatic rings. The third-order valence-electron chi connectivity index (χ3n) is 7.15. The van der Waals surface area contributed by atoms with Gasteiger partial charge in [-0.3, -0.25) is 14.5 Å². The molecule has 41 heavy (non-hydrogen) atoms. The SMILES string of the molecule is CCCOc1ccc([C@@H]2C(=C(O)c3ccc4c(c3)C[C@@H](C)O4)C(=O)C(=O)N2c2nc3ccc(OCC)cc3s2)cc1. The fourth-order valence-corrected chi connectivity index (χ4v) is 6.31. The van der Waals surface area contributed by atoms with Crippen molar-refractivity contribution in [2.45, 2.75) is 45.8 Å². The van der Waals surface area contributed by atoms with Gasteiger partial charge in [0.25, 0.3) is 5.78 Å². The molecule has 9 heteroatoms. The molecular weight excluding hydrogens is 540 g/mol. The molecule has 0 bridgehead atoms. The Labute approximate surface area is 241 Å². The van der Waals surface area contributed by atoms with Crippen LogP contribution in [-0.4, -0.2) is 41.1 Å². The number of hydrogen-bond acceptors (Lipinski definition) is 8. The third-order valence-corrected chi connectivity index (χ3v) is 8.17. The highest BCUT2D eigenvalue weighted by Gasteiger charge is 2.48. The minimum absolute atomic E-state index is 0.0124. The molecule has 2 aliphatic rings. The molecule has 6 rings (SSSR count). The van der Waals surface area contributed by atoms with Crippen LogP contribution in [0.1, 0.15) is 49.9 Å². The summed E-state index contributed by atoms with van der Waals surface area (Å²) in [5, 5.41) is 12.0. The van der Waals surface area contributed by atoms with Crippen molar-refractivity contribution in [3.05, 3.63) is 82.9 Å². The number of benzene rings is 3. The van der Waals surface area contributed by atoms with E-state index in [0.29, 0.717) is 52.9 Å². The van der Waals surface area contributed by atoms with E-state index in [1.165, 1.54) is 16.2 Å². The highest BCUT2D eigenvalue weighted by atomic mass is 32.1. The molecule has 1 amide bonds. The monoisotopic (exact) mass is 570 g/mol. The molecule has 8 nitrogen and oxygen atoms in total. The first-order chi connectivity index (χ1) is 19.9. The number of rotatable bonds is 8. The summed E-state index contributed by atoms with van der Waals surface area (Å²) < 4.78 is 18.0. The molecule has 0 aliphatic carbocycles. The number of anilines is 1.